The molecule has 102 valence electrons. The van der Waals surface area contributed by atoms with Gasteiger partial charge in [-0.1, -0.05) is 0 Å². The Labute approximate surface area is 105 Å². The second-order valence-corrected chi connectivity index (χ2v) is 3.92. The fraction of sp³-hybridized carbons (Fsp3) is 0.700. The SMILES string of the molecule is O=C(O)CNC(=O)CNC(=O)N1CCCNCC1. The fourth-order valence-corrected chi connectivity index (χ4v) is 1.55. The van der Waals surface area contributed by atoms with E-state index in [1.807, 2.05) is 0 Å². The molecule has 1 saturated heterocycles. The third kappa shape index (κ3) is 5.48. The minimum Gasteiger partial charge on any atom is -0.480 e. The molecule has 1 aliphatic rings. The third-order valence-corrected chi connectivity index (χ3v) is 2.46. The van der Waals surface area contributed by atoms with Crippen molar-refractivity contribution in [1.29, 1.82) is 0 Å². The van der Waals surface area contributed by atoms with Gasteiger partial charge in [-0.15, -0.1) is 0 Å². The van der Waals surface area contributed by atoms with E-state index in [1.165, 1.54) is 0 Å². The van der Waals surface area contributed by atoms with Crippen molar-refractivity contribution in [2.24, 2.45) is 0 Å². The van der Waals surface area contributed by atoms with Crippen LogP contribution in [0.1, 0.15) is 6.42 Å². The zero-order valence-electron chi connectivity index (χ0n) is 10.1. The first kappa shape index (κ1) is 14.2. The van der Waals surface area contributed by atoms with Crippen LogP contribution < -0.4 is 16.0 Å². The van der Waals surface area contributed by atoms with Crippen molar-refractivity contribution < 1.29 is 19.5 Å². The van der Waals surface area contributed by atoms with Crippen molar-refractivity contribution in [2.75, 3.05) is 39.3 Å². The number of hydrogen-bond donors (Lipinski definition) is 4. The van der Waals surface area contributed by atoms with E-state index in [4.69, 9.17) is 5.11 Å². The van der Waals surface area contributed by atoms with Gasteiger partial charge in [0.2, 0.25) is 5.91 Å². The number of carboxylic acids is 1. The molecule has 0 aromatic heterocycles. The van der Waals surface area contributed by atoms with Crippen molar-refractivity contribution in [1.82, 2.24) is 20.9 Å². The molecule has 8 heteroatoms. The molecule has 3 amide bonds. The van der Waals surface area contributed by atoms with Crippen LogP contribution in [-0.2, 0) is 9.59 Å². The molecule has 0 aromatic carbocycles. The van der Waals surface area contributed by atoms with Gasteiger partial charge in [0.1, 0.15) is 6.54 Å². The van der Waals surface area contributed by atoms with E-state index >= 15 is 0 Å². The number of nitrogens with zero attached hydrogens (tertiary/aromatic N) is 1. The summed E-state index contributed by atoms with van der Waals surface area (Å²) in [5.74, 6) is -1.63. The lowest BCUT2D eigenvalue weighted by molar-refractivity contribution is -0.137. The van der Waals surface area contributed by atoms with Crippen LogP contribution in [0.3, 0.4) is 0 Å². The van der Waals surface area contributed by atoms with E-state index < -0.39 is 18.4 Å². The maximum atomic E-state index is 11.7. The third-order valence-electron chi connectivity index (χ3n) is 2.46. The highest BCUT2D eigenvalue weighted by Gasteiger charge is 2.15. The van der Waals surface area contributed by atoms with Gasteiger partial charge in [0.15, 0.2) is 0 Å². The number of hydrogen-bond acceptors (Lipinski definition) is 4. The summed E-state index contributed by atoms with van der Waals surface area (Å²) in [5.41, 5.74) is 0. The Morgan fingerprint density at radius 2 is 1.89 bits per heavy atom. The number of carboxylic acid groups (broad SMARTS) is 1. The van der Waals surface area contributed by atoms with E-state index in [0.717, 1.165) is 19.5 Å². The van der Waals surface area contributed by atoms with E-state index in [-0.39, 0.29) is 12.6 Å². The Balaban J connectivity index is 2.22. The molecule has 0 radical (unpaired) electrons. The Morgan fingerprint density at radius 3 is 2.61 bits per heavy atom. The smallest absolute Gasteiger partial charge is 0.322 e. The van der Waals surface area contributed by atoms with E-state index in [1.54, 1.807) is 4.90 Å². The normalized spacial score (nSPS) is 15.7. The highest BCUT2D eigenvalue weighted by Crippen LogP contribution is 1.95. The molecular formula is C10H18N4O4. The van der Waals surface area contributed by atoms with Crippen LogP contribution in [0, 0.1) is 0 Å². The second kappa shape index (κ2) is 7.49. The highest BCUT2D eigenvalue weighted by atomic mass is 16.4. The van der Waals surface area contributed by atoms with Crippen LogP contribution in [0.2, 0.25) is 0 Å². The van der Waals surface area contributed by atoms with Crippen LogP contribution in [0.4, 0.5) is 4.79 Å². The summed E-state index contributed by atoms with van der Waals surface area (Å²) < 4.78 is 0. The maximum Gasteiger partial charge on any atom is 0.322 e. The molecule has 0 saturated carbocycles. The molecule has 0 aliphatic carbocycles. The van der Waals surface area contributed by atoms with Crippen LogP contribution >= 0.6 is 0 Å². The summed E-state index contributed by atoms with van der Waals surface area (Å²) in [6.45, 7) is 2.21. The molecule has 4 N–H and O–H groups in total. The number of carbonyl (C=O) groups excluding carboxylic acids is 2. The number of carbonyl (C=O) groups is 3. The molecule has 1 heterocycles. The number of aliphatic carboxylic acids is 1. The van der Waals surface area contributed by atoms with Crippen molar-refractivity contribution in [3.63, 3.8) is 0 Å². The fourth-order valence-electron chi connectivity index (χ4n) is 1.55. The van der Waals surface area contributed by atoms with Crippen molar-refractivity contribution in [3.05, 3.63) is 0 Å². The zero-order chi connectivity index (χ0) is 13.4. The summed E-state index contributed by atoms with van der Waals surface area (Å²) >= 11 is 0. The van der Waals surface area contributed by atoms with Crippen molar-refractivity contribution in [3.8, 4) is 0 Å². The Morgan fingerprint density at radius 1 is 1.11 bits per heavy atom. The van der Waals surface area contributed by atoms with Crippen LogP contribution in [0.15, 0.2) is 0 Å². The van der Waals surface area contributed by atoms with Gasteiger partial charge in [0, 0.05) is 19.6 Å². The zero-order valence-corrected chi connectivity index (χ0v) is 10.1. The van der Waals surface area contributed by atoms with Gasteiger partial charge in [-0.2, -0.15) is 0 Å². The maximum absolute atomic E-state index is 11.7. The molecule has 18 heavy (non-hydrogen) atoms. The van der Waals surface area contributed by atoms with Crippen molar-refractivity contribution in [2.45, 2.75) is 6.42 Å². The van der Waals surface area contributed by atoms with Crippen LogP contribution in [-0.4, -0.2) is 67.2 Å². The summed E-state index contributed by atoms with van der Waals surface area (Å²) in [7, 11) is 0. The molecule has 1 rings (SSSR count). The first-order valence-corrected chi connectivity index (χ1v) is 5.81. The lowest BCUT2D eigenvalue weighted by Gasteiger charge is -2.20. The van der Waals surface area contributed by atoms with Gasteiger partial charge in [0.25, 0.3) is 0 Å². The van der Waals surface area contributed by atoms with Gasteiger partial charge in [-0.25, -0.2) is 4.79 Å². The summed E-state index contributed by atoms with van der Waals surface area (Å²) in [6.07, 6.45) is 0.874. The van der Waals surface area contributed by atoms with Gasteiger partial charge < -0.3 is 26.0 Å². The topological polar surface area (TPSA) is 111 Å². The first-order valence-electron chi connectivity index (χ1n) is 5.81. The molecule has 1 aliphatic heterocycles. The lowest BCUT2D eigenvalue weighted by Crippen LogP contribution is -2.46. The minimum absolute atomic E-state index is 0.212. The van der Waals surface area contributed by atoms with Gasteiger partial charge in [-0.3, -0.25) is 9.59 Å². The minimum atomic E-state index is -1.12. The standard InChI is InChI=1S/C10H18N4O4/c15-8(12-7-9(16)17)6-13-10(18)14-4-1-2-11-3-5-14/h11H,1-7H2,(H,12,15)(H,13,18)(H,16,17). The average molecular weight is 258 g/mol. The second-order valence-electron chi connectivity index (χ2n) is 3.92. The Kier molecular flexibility index (Phi) is 5.92. The number of nitrogens with one attached hydrogen (secondary N) is 3. The monoisotopic (exact) mass is 258 g/mol. The molecule has 0 unspecified atom stereocenters. The number of rotatable bonds is 4. The number of urea groups is 1. The first-order chi connectivity index (χ1) is 8.59. The molecule has 8 nitrogen and oxygen atoms in total. The van der Waals surface area contributed by atoms with Gasteiger partial charge in [-0.05, 0) is 13.0 Å². The molecule has 1 fully saturated rings. The molecular weight excluding hydrogens is 240 g/mol. The van der Waals surface area contributed by atoms with E-state index in [0.29, 0.717) is 13.1 Å². The van der Waals surface area contributed by atoms with E-state index in [2.05, 4.69) is 16.0 Å². The van der Waals surface area contributed by atoms with Crippen LogP contribution in [0.5, 0.6) is 0 Å². The molecule has 0 bridgehead atoms. The predicted octanol–water partition coefficient (Wildman–Crippen LogP) is -1.81. The summed E-state index contributed by atoms with van der Waals surface area (Å²) in [5, 5.41) is 16.1. The van der Waals surface area contributed by atoms with Crippen molar-refractivity contribution >= 4 is 17.9 Å². The van der Waals surface area contributed by atoms with Gasteiger partial charge in [0.05, 0.1) is 6.54 Å². The largest absolute Gasteiger partial charge is 0.480 e. The van der Waals surface area contributed by atoms with Crippen LogP contribution in [0.25, 0.3) is 0 Å². The quantitative estimate of drug-likeness (QED) is 0.475. The molecule has 0 aromatic rings. The van der Waals surface area contributed by atoms with E-state index in [9.17, 15) is 14.4 Å². The predicted molar refractivity (Wildman–Crippen MR) is 63.1 cm³/mol. The summed E-state index contributed by atoms with van der Waals surface area (Å²) in [4.78, 5) is 34.7. The lowest BCUT2D eigenvalue weighted by atomic mass is 10.4. The Bertz CT molecular complexity index is 313. The molecule has 0 spiro atoms. The number of amides is 3. The average Bonchev–Trinajstić information content (AvgIpc) is 2.62. The Hall–Kier alpha value is -1.83. The van der Waals surface area contributed by atoms with Gasteiger partial charge >= 0.3 is 12.0 Å². The highest BCUT2D eigenvalue weighted by molar-refractivity contribution is 5.86. The summed E-state index contributed by atoms with van der Waals surface area (Å²) in [6, 6.07) is -0.302. The molecule has 0 atom stereocenters.